The molecule has 2 aromatic carbocycles. The van der Waals surface area contributed by atoms with Gasteiger partial charge in [0.2, 0.25) is 0 Å². The van der Waals surface area contributed by atoms with Crippen LogP contribution in [0.2, 0.25) is 0 Å². The number of piperazine rings is 1. The van der Waals surface area contributed by atoms with Crippen molar-refractivity contribution in [2.45, 2.75) is 46.4 Å². The Labute approximate surface area is 193 Å². The van der Waals surface area contributed by atoms with E-state index in [2.05, 4.69) is 9.80 Å². The second kappa shape index (κ2) is 9.53. The number of aryl methyl sites for hydroxylation is 2. The predicted octanol–water partition coefficient (Wildman–Crippen LogP) is 5.37. The molecule has 0 unspecified atom stereocenters. The Balaban J connectivity index is 1.68. The molecular weight excluding hydrogens is 433 g/mol. The molecule has 0 spiro atoms. The number of carbonyl (C=O) groups is 1. The van der Waals surface area contributed by atoms with Crippen LogP contribution in [-0.2, 0) is 15.7 Å². The van der Waals surface area contributed by atoms with Crippen molar-refractivity contribution in [1.82, 2.24) is 0 Å². The number of carbonyl (C=O) groups excluding carboxylic acids is 1. The van der Waals surface area contributed by atoms with Crippen LogP contribution in [0.25, 0.3) is 0 Å². The number of anilines is 2. The second-order valence-corrected chi connectivity index (χ2v) is 8.76. The van der Waals surface area contributed by atoms with E-state index in [0.717, 1.165) is 47.7 Å². The molecule has 33 heavy (non-hydrogen) atoms. The van der Waals surface area contributed by atoms with E-state index in [9.17, 15) is 18.0 Å². The van der Waals surface area contributed by atoms with E-state index in [1.165, 1.54) is 12.1 Å². The fourth-order valence-corrected chi connectivity index (χ4v) is 3.96. The number of hydrogen-bond donors (Lipinski definition) is 0. The highest BCUT2D eigenvalue weighted by atomic mass is 19.4. The van der Waals surface area contributed by atoms with Gasteiger partial charge < -0.3 is 19.3 Å². The largest absolute Gasteiger partial charge is 0.476 e. The Morgan fingerprint density at radius 2 is 1.39 bits per heavy atom. The maximum Gasteiger partial charge on any atom is 0.416 e. The van der Waals surface area contributed by atoms with Crippen molar-refractivity contribution < 1.29 is 27.4 Å². The number of benzene rings is 2. The number of alkyl halides is 3. The highest BCUT2D eigenvalue weighted by Crippen LogP contribution is 2.34. The van der Waals surface area contributed by atoms with Crippen LogP contribution in [0.15, 0.2) is 36.4 Å². The summed E-state index contributed by atoms with van der Waals surface area (Å²) in [7, 11) is 0. The van der Waals surface area contributed by atoms with Crippen LogP contribution in [0.4, 0.5) is 24.5 Å². The molecule has 1 aliphatic heterocycles. The minimum atomic E-state index is -4.33. The zero-order valence-corrected chi connectivity index (χ0v) is 19.8. The molecule has 0 aromatic heterocycles. The van der Waals surface area contributed by atoms with Crippen molar-refractivity contribution in [2.24, 2.45) is 0 Å². The predicted molar refractivity (Wildman–Crippen MR) is 123 cm³/mol. The van der Waals surface area contributed by atoms with Gasteiger partial charge in [0.1, 0.15) is 5.75 Å². The monoisotopic (exact) mass is 464 g/mol. The van der Waals surface area contributed by atoms with Gasteiger partial charge in [-0.3, -0.25) is 0 Å². The van der Waals surface area contributed by atoms with Crippen LogP contribution in [0, 0.1) is 13.8 Å². The van der Waals surface area contributed by atoms with Crippen molar-refractivity contribution in [1.29, 1.82) is 0 Å². The number of ether oxygens (including phenoxy) is 2. The molecule has 1 fully saturated rings. The van der Waals surface area contributed by atoms with Gasteiger partial charge in [-0.1, -0.05) is 0 Å². The first kappa shape index (κ1) is 24.7. The normalized spacial score (nSPS) is 14.9. The summed E-state index contributed by atoms with van der Waals surface area (Å²) in [5.41, 5.74) is 1.96. The molecule has 0 aliphatic carbocycles. The first-order valence-corrected chi connectivity index (χ1v) is 11.1. The number of esters is 1. The molecule has 1 saturated heterocycles. The smallest absolute Gasteiger partial charge is 0.416 e. The lowest BCUT2D eigenvalue weighted by atomic mass is 10.1. The van der Waals surface area contributed by atoms with E-state index < -0.39 is 23.3 Å². The van der Waals surface area contributed by atoms with Crippen LogP contribution in [-0.4, -0.2) is 44.4 Å². The molecule has 8 heteroatoms. The molecule has 0 radical (unpaired) electrons. The molecule has 1 aliphatic rings. The third-order valence-electron chi connectivity index (χ3n) is 5.77. The van der Waals surface area contributed by atoms with Gasteiger partial charge in [0.05, 0.1) is 12.2 Å². The van der Waals surface area contributed by atoms with E-state index in [-0.39, 0.29) is 0 Å². The Morgan fingerprint density at radius 1 is 0.909 bits per heavy atom. The summed E-state index contributed by atoms with van der Waals surface area (Å²) >= 11 is 0. The first-order valence-electron chi connectivity index (χ1n) is 11.1. The lowest BCUT2D eigenvalue weighted by Crippen LogP contribution is -2.46. The molecule has 0 bridgehead atoms. The Hall–Kier alpha value is -2.90. The fraction of sp³-hybridized carbons (Fsp3) is 0.480. The maximum atomic E-state index is 12.8. The zero-order valence-electron chi connectivity index (χ0n) is 19.8. The number of nitrogens with zero attached hydrogens (tertiary/aromatic N) is 2. The van der Waals surface area contributed by atoms with Gasteiger partial charge >= 0.3 is 12.1 Å². The average molecular weight is 465 g/mol. The molecule has 0 N–H and O–H groups in total. The minimum Gasteiger partial charge on any atom is -0.476 e. The average Bonchev–Trinajstić information content (AvgIpc) is 2.76. The molecule has 2 aromatic rings. The van der Waals surface area contributed by atoms with Gasteiger partial charge in [-0.05, 0) is 82.1 Å². The summed E-state index contributed by atoms with van der Waals surface area (Å²) in [6.45, 7) is 12.2. The van der Waals surface area contributed by atoms with Gasteiger partial charge in [-0.15, -0.1) is 0 Å². The summed E-state index contributed by atoms with van der Waals surface area (Å²) in [4.78, 5) is 16.5. The Kier molecular flexibility index (Phi) is 7.14. The lowest BCUT2D eigenvalue weighted by molar-refractivity contribution is -0.158. The molecule has 5 nitrogen and oxygen atoms in total. The number of halogens is 3. The third kappa shape index (κ3) is 5.72. The summed E-state index contributed by atoms with van der Waals surface area (Å²) in [6.07, 6.45) is -4.33. The Bertz CT molecular complexity index is 956. The lowest BCUT2D eigenvalue weighted by Gasteiger charge is -2.38. The van der Waals surface area contributed by atoms with Crippen LogP contribution in [0.1, 0.15) is 37.5 Å². The van der Waals surface area contributed by atoms with Crippen molar-refractivity contribution in [3.05, 3.63) is 53.1 Å². The van der Waals surface area contributed by atoms with E-state index in [4.69, 9.17) is 9.47 Å². The minimum absolute atomic E-state index is 0.293. The third-order valence-corrected chi connectivity index (χ3v) is 5.77. The van der Waals surface area contributed by atoms with Crippen molar-refractivity contribution in [3.8, 4) is 5.75 Å². The van der Waals surface area contributed by atoms with E-state index in [1.54, 1.807) is 20.8 Å². The molecule has 180 valence electrons. The molecule has 0 amide bonds. The van der Waals surface area contributed by atoms with Crippen molar-refractivity contribution in [2.75, 3.05) is 42.6 Å². The van der Waals surface area contributed by atoms with Crippen LogP contribution < -0.4 is 14.5 Å². The SMILES string of the molecule is CCOC(=O)C(C)(C)Oc1c(C)cc(N2CCN(c3ccc(C(F)(F)F)cc3)CC2)cc1C. The highest BCUT2D eigenvalue weighted by Gasteiger charge is 2.33. The molecule has 1 heterocycles. The van der Waals surface area contributed by atoms with Gasteiger partial charge in [-0.2, -0.15) is 13.2 Å². The van der Waals surface area contributed by atoms with Crippen LogP contribution in [0.5, 0.6) is 5.75 Å². The van der Waals surface area contributed by atoms with Gasteiger partial charge in [0, 0.05) is 37.6 Å². The molecular formula is C25H31F3N2O3. The summed E-state index contributed by atoms with van der Waals surface area (Å²) < 4.78 is 49.6. The van der Waals surface area contributed by atoms with E-state index in [1.807, 2.05) is 26.0 Å². The summed E-state index contributed by atoms with van der Waals surface area (Å²) in [6, 6.07) is 9.40. The van der Waals surface area contributed by atoms with Gasteiger partial charge in [-0.25, -0.2) is 4.79 Å². The van der Waals surface area contributed by atoms with Crippen LogP contribution in [0.3, 0.4) is 0 Å². The Morgan fingerprint density at radius 3 is 1.85 bits per heavy atom. The number of hydrogen-bond acceptors (Lipinski definition) is 5. The highest BCUT2D eigenvalue weighted by molar-refractivity contribution is 5.79. The summed E-state index contributed by atoms with van der Waals surface area (Å²) in [5.74, 6) is 0.257. The maximum absolute atomic E-state index is 12.8. The fourth-order valence-electron chi connectivity index (χ4n) is 3.96. The quantitative estimate of drug-likeness (QED) is 0.538. The first-order chi connectivity index (χ1) is 15.4. The van der Waals surface area contributed by atoms with Gasteiger partial charge in [0.15, 0.2) is 5.60 Å². The standard InChI is InChI=1S/C25H31F3N2O3/c1-6-32-23(31)24(4,5)33-22-17(2)15-21(16-18(22)3)30-13-11-29(12-14-30)20-9-7-19(8-10-20)25(26,27)28/h7-10,15-16H,6,11-14H2,1-5H3. The number of rotatable bonds is 6. The topological polar surface area (TPSA) is 42.0 Å². The zero-order chi connectivity index (χ0) is 24.4. The van der Waals surface area contributed by atoms with E-state index >= 15 is 0 Å². The van der Waals surface area contributed by atoms with Gasteiger partial charge in [0.25, 0.3) is 0 Å². The molecule has 0 atom stereocenters. The van der Waals surface area contributed by atoms with Crippen molar-refractivity contribution >= 4 is 17.3 Å². The molecule has 0 saturated carbocycles. The summed E-state index contributed by atoms with van der Waals surface area (Å²) in [5, 5.41) is 0. The second-order valence-electron chi connectivity index (χ2n) is 8.76. The van der Waals surface area contributed by atoms with Crippen molar-refractivity contribution in [3.63, 3.8) is 0 Å². The van der Waals surface area contributed by atoms with E-state index in [0.29, 0.717) is 25.4 Å². The van der Waals surface area contributed by atoms with Crippen LogP contribution >= 0.6 is 0 Å². The molecule has 3 rings (SSSR count).